The van der Waals surface area contributed by atoms with Gasteiger partial charge in [0.25, 0.3) is 0 Å². The van der Waals surface area contributed by atoms with E-state index >= 15 is 0 Å². The van der Waals surface area contributed by atoms with Gasteiger partial charge < -0.3 is 20.1 Å². The highest BCUT2D eigenvalue weighted by Gasteiger charge is 2.20. The van der Waals surface area contributed by atoms with Crippen molar-refractivity contribution in [1.82, 2.24) is 10.6 Å². The summed E-state index contributed by atoms with van der Waals surface area (Å²) in [5, 5.41) is 6.00. The lowest BCUT2D eigenvalue weighted by Gasteiger charge is -2.23. The second-order valence-electron chi connectivity index (χ2n) is 3.85. The van der Waals surface area contributed by atoms with E-state index in [-0.39, 0.29) is 17.9 Å². The summed E-state index contributed by atoms with van der Waals surface area (Å²) < 4.78 is 10.1. The molecule has 0 bridgehead atoms. The summed E-state index contributed by atoms with van der Waals surface area (Å²) in [7, 11) is 3.11. The smallest absolute Gasteiger partial charge is 0.224 e. The first-order chi connectivity index (χ1) is 7.56. The van der Waals surface area contributed by atoms with Crippen molar-refractivity contribution in [3.63, 3.8) is 0 Å². The van der Waals surface area contributed by atoms with Gasteiger partial charge in [-0.1, -0.05) is 13.8 Å². The van der Waals surface area contributed by atoms with Gasteiger partial charge in [-0.2, -0.15) is 0 Å². The molecule has 0 aliphatic rings. The Balaban J connectivity index is 4.01. The Morgan fingerprint density at radius 1 is 1.25 bits per heavy atom. The number of methoxy groups -OCH3 is 2. The van der Waals surface area contributed by atoms with Crippen LogP contribution in [0.5, 0.6) is 0 Å². The number of hydrogen-bond acceptors (Lipinski definition) is 4. The summed E-state index contributed by atoms with van der Waals surface area (Å²) >= 11 is 0. The number of rotatable bonds is 8. The zero-order valence-corrected chi connectivity index (χ0v) is 10.9. The molecule has 0 radical (unpaired) electrons. The summed E-state index contributed by atoms with van der Waals surface area (Å²) in [4.78, 5) is 11.7. The molecule has 0 saturated carbocycles. The molecule has 2 unspecified atom stereocenters. The molecular weight excluding hydrogens is 208 g/mol. The van der Waals surface area contributed by atoms with Crippen LogP contribution in [0.15, 0.2) is 0 Å². The van der Waals surface area contributed by atoms with Crippen LogP contribution in [-0.2, 0) is 14.3 Å². The van der Waals surface area contributed by atoms with Crippen LogP contribution in [0.25, 0.3) is 0 Å². The van der Waals surface area contributed by atoms with Gasteiger partial charge in [0.2, 0.25) is 5.91 Å². The van der Waals surface area contributed by atoms with Crippen molar-refractivity contribution in [3.8, 4) is 0 Å². The van der Waals surface area contributed by atoms with Crippen LogP contribution in [0.4, 0.5) is 0 Å². The molecule has 2 N–H and O–H groups in total. The zero-order chi connectivity index (χ0) is 12.6. The number of carbonyl (C=O) groups excluding carboxylic acids is 1. The molecule has 0 aromatic carbocycles. The van der Waals surface area contributed by atoms with Gasteiger partial charge in [0.15, 0.2) is 6.29 Å². The number of amides is 1. The molecule has 2 atom stereocenters. The third-order valence-electron chi connectivity index (χ3n) is 2.39. The molecule has 0 heterocycles. The van der Waals surface area contributed by atoms with E-state index in [0.29, 0.717) is 6.54 Å². The predicted octanol–water partition coefficient (Wildman–Crippen LogP) is 0.356. The van der Waals surface area contributed by atoms with E-state index in [1.165, 1.54) is 0 Å². The molecule has 96 valence electrons. The quantitative estimate of drug-likeness (QED) is 0.593. The van der Waals surface area contributed by atoms with Gasteiger partial charge >= 0.3 is 0 Å². The molecule has 0 aliphatic carbocycles. The van der Waals surface area contributed by atoms with Gasteiger partial charge in [0.1, 0.15) is 0 Å². The average molecular weight is 232 g/mol. The number of carbonyl (C=O) groups is 1. The normalized spacial score (nSPS) is 14.9. The summed E-state index contributed by atoms with van der Waals surface area (Å²) in [5.74, 6) is -0.0516. The van der Waals surface area contributed by atoms with Crippen molar-refractivity contribution < 1.29 is 14.3 Å². The van der Waals surface area contributed by atoms with E-state index in [4.69, 9.17) is 9.47 Å². The summed E-state index contributed by atoms with van der Waals surface area (Å²) in [6.45, 7) is 7.31. The van der Waals surface area contributed by atoms with E-state index in [9.17, 15) is 4.79 Å². The van der Waals surface area contributed by atoms with Crippen molar-refractivity contribution in [2.75, 3.05) is 27.3 Å². The van der Waals surface area contributed by atoms with E-state index in [0.717, 1.165) is 6.54 Å². The Kier molecular flexibility index (Phi) is 8.15. The van der Waals surface area contributed by atoms with Crippen molar-refractivity contribution >= 4 is 5.91 Å². The Morgan fingerprint density at radius 2 is 1.81 bits per heavy atom. The van der Waals surface area contributed by atoms with Gasteiger partial charge in [-0.25, -0.2) is 0 Å². The Bertz CT molecular complexity index is 196. The third-order valence-corrected chi connectivity index (χ3v) is 2.39. The number of nitrogens with one attached hydrogen (secondary N) is 2. The Morgan fingerprint density at radius 3 is 2.25 bits per heavy atom. The molecule has 0 aromatic heterocycles. The standard InChI is InChI=1S/C11H24N2O3/c1-6-12-7-8(2)10(14)13-9(3)11(15-4)16-5/h8-9,11-12H,6-7H2,1-5H3,(H,13,14). The van der Waals surface area contributed by atoms with Crippen LogP contribution < -0.4 is 10.6 Å². The third kappa shape index (κ3) is 5.44. The number of ether oxygens (including phenoxy) is 2. The number of hydrogen-bond donors (Lipinski definition) is 2. The van der Waals surface area contributed by atoms with Crippen LogP contribution in [0.3, 0.4) is 0 Å². The minimum atomic E-state index is -0.407. The molecule has 0 fully saturated rings. The highest BCUT2D eigenvalue weighted by atomic mass is 16.7. The van der Waals surface area contributed by atoms with Crippen LogP contribution in [0, 0.1) is 5.92 Å². The lowest BCUT2D eigenvalue weighted by Crippen LogP contribution is -2.46. The topological polar surface area (TPSA) is 59.6 Å². The Hall–Kier alpha value is -0.650. The molecule has 5 heteroatoms. The summed E-state index contributed by atoms with van der Waals surface area (Å²) in [6.07, 6.45) is -0.407. The molecule has 1 amide bonds. The maximum absolute atomic E-state index is 11.7. The highest BCUT2D eigenvalue weighted by Crippen LogP contribution is 2.01. The molecule has 16 heavy (non-hydrogen) atoms. The molecule has 0 spiro atoms. The Labute approximate surface area is 97.9 Å². The van der Waals surface area contributed by atoms with Crippen LogP contribution >= 0.6 is 0 Å². The average Bonchev–Trinajstić information content (AvgIpc) is 2.27. The maximum atomic E-state index is 11.7. The fourth-order valence-electron chi connectivity index (χ4n) is 1.39. The molecule has 0 saturated heterocycles. The van der Waals surface area contributed by atoms with Crippen molar-refractivity contribution in [2.45, 2.75) is 33.1 Å². The SMILES string of the molecule is CCNCC(C)C(=O)NC(C)C(OC)OC. The van der Waals surface area contributed by atoms with E-state index in [2.05, 4.69) is 10.6 Å². The van der Waals surface area contributed by atoms with Crippen LogP contribution in [0.2, 0.25) is 0 Å². The second kappa shape index (κ2) is 8.50. The summed E-state index contributed by atoms with van der Waals surface area (Å²) in [5.41, 5.74) is 0. The van der Waals surface area contributed by atoms with Gasteiger partial charge in [-0.05, 0) is 13.5 Å². The van der Waals surface area contributed by atoms with E-state index < -0.39 is 6.29 Å². The van der Waals surface area contributed by atoms with Gasteiger partial charge in [-0.15, -0.1) is 0 Å². The fraction of sp³-hybridized carbons (Fsp3) is 0.909. The largest absolute Gasteiger partial charge is 0.354 e. The minimum Gasteiger partial charge on any atom is -0.354 e. The predicted molar refractivity (Wildman–Crippen MR) is 63.1 cm³/mol. The minimum absolute atomic E-state index is 0.00699. The van der Waals surface area contributed by atoms with Gasteiger partial charge in [0, 0.05) is 26.7 Å². The van der Waals surface area contributed by atoms with E-state index in [1.54, 1.807) is 14.2 Å². The lowest BCUT2D eigenvalue weighted by atomic mass is 10.1. The molecule has 0 rings (SSSR count). The van der Waals surface area contributed by atoms with Crippen molar-refractivity contribution in [1.29, 1.82) is 0 Å². The second-order valence-corrected chi connectivity index (χ2v) is 3.85. The van der Waals surface area contributed by atoms with Gasteiger partial charge in [-0.3, -0.25) is 4.79 Å². The monoisotopic (exact) mass is 232 g/mol. The summed E-state index contributed by atoms with van der Waals surface area (Å²) in [6, 6.07) is -0.161. The first kappa shape index (κ1) is 15.3. The molecular formula is C11H24N2O3. The first-order valence-electron chi connectivity index (χ1n) is 5.63. The molecule has 0 aromatic rings. The molecule has 5 nitrogen and oxygen atoms in total. The fourth-order valence-corrected chi connectivity index (χ4v) is 1.39. The van der Waals surface area contributed by atoms with Gasteiger partial charge in [0.05, 0.1) is 6.04 Å². The lowest BCUT2D eigenvalue weighted by molar-refractivity contribution is -0.138. The zero-order valence-electron chi connectivity index (χ0n) is 10.9. The van der Waals surface area contributed by atoms with Crippen LogP contribution in [-0.4, -0.2) is 45.5 Å². The van der Waals surface area contributed by atoms with Crippen molar-refractivity contribution in [3.05, 3.63) is 0 Å². The van der Waals surface area contributed by atoms with Crippen molar-refractivity contribution in [2.24, 2.45) is 5.92 Å². The van der Waals surface area contributed by atoms with E-state index in [1.807, 2.05) is 20.8 Å². The first-order valence-corrected chi connectivity index (χ1v) is 5.63. The van der Waals surface area contributed by atoms with Crippen LogP contribution in [0.1, 0.15) is 20.8 Å². The highest BCUT2D eigenvalue weighted by molar-refractivity contribution is 5.78. The molecule has 0 aliphatic heterocycles. The maximum Gasteiger partial charge on any atom is 0.224 e.